The lowest BCUT2D eigenvalue weighted by Gasteiger charge is -2.36. The van der Waals surface area contributed by atoms with E-state index in [-0.39, 0.29) is 75.8 Å². The number of nitrogens with zero attached hydrogens (tertiary/aromatic N) is 6. The smallest absolute Gasteiger partial charge is 0.246 e. The van der Waals surface area contributed by atoms with Crippen molar-refractivity contribution in [2.24, 2.45) is 17.2 Å². The fraction of sp³-hybridized carbons (Fsp3) is 0.506. The number of primary amides is 3. The van der Waals surface area contributed by atoms with Crippen molar-refractivity contribution < 1.29 is 107 Å². The number of H-pyrrole nitrogens is 3. The van der Waals surface area contributed by atoms with Crippen molar-refractivity contribution >= 4 is 128 Å². The molecule has 0 bridgehead atoms. The van der Waals surface area contributed by atoms with E-state index in [1.807, 2.05) is 6.92 Å². The van der Waals surface area contributed by atoms with Gasteiger partial charge in [-0.3, -0.25) is 86.3 Å². The maximum absolute atomic E-state index is 15.6. The third kappa shape index (κ3) is 27.3. The molecule has 9 rings (SSSR count). The molecule has 45 nitrogen and oxygen atoms in total. The van der Waals surface area contributed by atoms with Crippen molar-refractivity contribution in [3.05, 3.63) is 120 Å². The maximum atomic E-state index is 15.6. The molecule has 0 saturated carbocycles. The third-order valence-electron chi connectivity index (χ3n) is 23.6. The zero-order valence-corrected chi connectivity index (χ0v) is 74.2. The molecule has 45 heteroatoms. The number of aromatic hydroxyl groups is 1. The molecule has 3 saturated heterocycles. The monoisotopic (exact) mass is 1840 g/mol. The van der Waals surface area contributed by atoms with Gasteiger partial charge in [0.05, 0.1) is 45.2 Å². The summed E-state index contributed by atoms with van der Waals surface area (Å²) in [7, 11) is 3.77. The second-order valence-corrected chi connectivity index (χ2v) is 33.2. The van der Waals surface area contributed by atoms with E-state index in [1.165, 1.54) is 64.9 Å². The second kappa shape index (κ2) is 48.1. The number of nitrogens with one attached hydrogen (secondary N) is 14. The summed E-state index contributed by atoms with van der Waals surface area (Å²) >= 11 is 0. The summed E-state index contributed by atoms with van der Waals surface area (Å²) in [5.41, 5.74) is 19.4. The minimum Gasteiger partial charge on any atom is -0.508 e. The molecule has 0 aliphatic carbocycles. The average Bonchev–Trinajstić information content (AvgIpc) is 1.59. The van der Waals surface area contributed by atoms with Gasteiger partial charge in [-0.25, -0.2) is 4.98 Å². The summed E-state index contributed by atoms with van der Waals surface area (Å²) in [6.45, 7) is -0.332. The lowest BCUT2D eigenvalue weighted by molar-refractivity contribution is -0.149. The van der Waals surface area contributed by atoms with E-state index in [0.29, 0.717) is 57.8 Å². The van der Waals surface area contributed by atoms with Crippen molar-refractivity contribution in [1.29, 1.82) is 0 Å². The summed E-state index contributed by atoms with van der Waals surface area (Å²) in [5, 5.41) is 72.7. The van der Waals surface area contributed by atoms with Crippen molar-refractivity contribution in [3.63, 3.8) is 0 Å². The molecule has 18 amide bonds. The molecule has 3 aliphatic rings. The zero-order valence-electron chi connectivity index (χ0n) is 74.2. The van der Waals surface area contributed by atoms with Crippen LogP contribution in [0.3, 0.4) is 0 Å². The molecule has 3 aromatic heterocycles. The SMILES string of the molecule is CCCC[C@H]1C(=O)N(C)[C@@H](CCCC)C(=O)N[C@@H](CO)C(=O)N[C@H](C(=O)NCC(N)=O)CNCC(=O)N[C@@H](Cc2ccc(O)cc2)C(=O)N(C)[C@@H](C)C(=O)N[C@@H](CC(N)=O)C(=O)N2CCC[C@H]2C(=O)N[C@@H](Cc2cnc[nH]2)C(=O)N[C@@H](CCC(N)=O)C(=O)N2C[C@H](O)C[C@H]2C(=O)N[C@@H](Cc2c[nH]c3ccccc23)C(=O)N[C@@H](CO)C(=O)N[C@@H](Cc2c[nH]c3ccccc23)C(=O)N1C. The van der Waals surface area contributed by atoms with Gasteiger partial charge in [0, 0.05) is 125 Å². The number of imidazole rings is 1. The van der Waals surface area contributed by atoms with Crippen LogP contribution in [0.2, 0.25) is 0 Å². The van der Waals surface area contributed by atoms with Gasteiger partial charge < -0.3 is 136 Å². The average molecular weight is 1840 g/mol. The topological polar surface area (TPSA) is 675 Å². The van der Waals surface area contributed by atoms with Gasteiger partial charge in [-0.1, -0.05) is 88.1 Å². The molecule has 714 valence electrons. The van der Waals surface area contributed by atoms with Crippen LogP contribution in [0.5, 0.6) is 5.75 Å². The number of unbranched alkanes of at least 4 members (excludes halogenated alkanes) is 2. The first-order chi connectivity index (χ1) is 62.9. The number of carbonyl (C=O) groups is 18. The number of carbonyl (C=O) groups excluding carboxylic acids is 18. The Morgan fingerprint density at radius 1 is 0.508 bits per heavy atom. The van der Waals surface area contributed by atoms with Gasteiger partial charge in [0.15, 0.2) is 0 Å². The first-order valence-corrected chi connectivity index (χ1v) is 43.7. The Kier molecular flexibility index (Phi) is 37.1. The van der Waals surface area contributed by atoms with E-state index < -0.39 is 262 Å². The van der Waals surface area contributed by atoms with Gasteiger partial charge in [0.2, 0.25) is 106 Å². The molecule has 6 heterocycles. The van der Waals surface area contributed by atoms with E-state index in [4.69, 9.17) is 17.2 Å². The van der Waals surface area contributed by atoms with Crippen LogP contribution in [0.4, 0.5) is 0 Å². The minimum atomic E-state index is -1.93. The highest BCUT2D eigenvalue weighted by molar-refractivity contribution is 6.03. The number of hydrogen-bond donors (Lipinski definition) is 21. The predicted octanol–water partition coefficient (Wildman–Crippen LogP) is -6.12. The number of hydrogen-bond acceptors (Lipinski definition) is 24. The van der Waals surface area contributed by atoms with Crippen LogP contribution in [0.1, 0.15) is 120 Å². The summed E-state index contributed by atoms with van der Waals surface area (Å²) in [4.78, 5) is 279. The normalized spacial score (nSPS) is 25.0. The molecule has 132 heavy (non-hydrogen) atoms. The Balaban J connectivity index is 1.09. The molecule has 0 radical (unpaired) electrons. The first-order valence-electron chi connectivity index (χ1n) is 43.7. The molecule has 3 aromatic carbocycles. The molecule has 15 atom stereocenters. The quantitative estimate of drug-likeness (QED) is 0.0268. The zero-order chi connectivity index (χ0) is 96.3. The Morgan fingerprint density at radius 2 is 1.02 bits per heavy atom. The Morgan fingerprint density at radius 3 is 1.61 bits per heavy atom. The molecule has 0 unspecified atom stereocenters. The number of aliphatic hydroxyl groups excluding tert-OH is 3. The van der Waals surface area contributed by atoms with Gasteiger partial charge in [-0.2, -0.15) is 0 Å². The summed E-state index contributed by atoms with van der Waals surface area (Å²) in [6, 6.07) is -3.96. The largest absolute Gasteiger partial charge is 0.508 e. The van der Waals surface area contributed by atoms with Gasteiger partial charge in [-0.05, 0) is 80.0 Å². The second-order valence-electron chi connectivity index (χ2n) is 33.2. The van der Waals surface area contributed by atoms with E-state index in [2.05, 4.69) is 78.4 Å². The number of aromatic nitrogens is 4. The van der Waals surface area contributed by atoms with Crippen LogP contribution in [0.25, 0.3) is 21.8 Å². The van der Waals surface area contributed by atoms with Crippen LogP contribution in [-0.4, -0.2) is 329 Å². The lowest BCUT2D eigenvalue weighted by atomic mass is 10.00. The molecule has 3 aliphatic heterocycles. The summed E-state index contributed by atoms with van der Waals surface area (Å²) in [6.07, 6.45) is 1.93. The number of phenols is 1. The van der Waals surface area contributed by atoms with Crippen LogP contribution in [-0.2, 0) is 112 Å². The number of likely N-dealkylation sites (N-methyl/N-ethyl adjacent to an activating group) is 3. The number of benzene rings is 3. The molecular formula is C87H119N23O22. The van der Waals surface area contributed by atoms with Crippen LogP contribution in [0.15, 0.2) is 97.7 Å². The molecular weight excluding hydrogens is 1720 g/mol. The number of nitrogens with two attached hydrogens (primary N) is 3. The van der Waals surface area contributed by atoms with Crippen molar-refractivity contribution in [2.75, 3.05) is 67.1 Å². The van der Waals surface area contributed by atoms with E-state index >= 15 is 33.6 Å². The highest BCUT2D eigenvalue weighted by Crippen LogP contribution is 2.28. The maximum Gasteiger partial charge on any atom is 0.246 e. The highest BCUT2D eigenvalue weighted by atomic mass is 16.3. The molecule has 0 spiro atoms. The van der Waals surface area contributed by atoms with E-state index in [1.54, 1.807) is 67.8 Å². The molecule has 3 fully saturated rings. The van der Waals surface area contributed by atoms with E-state index in [0.717, 1.165) is 24.5 Å². The first kappa shape index (κ1) is 102. The van der Waals surface area contributed by atoms with Crippen molar-refractivity contribution in [2.45, 2.75) is 214 Å². The third-order valence-corrected chi connectivity index (χ3v) is 23.6. The minimum absolute atomic E-state index is 0.0401. The number of amides is 18. The lowest BCUT2D eigenvalue weighted by Crippen LogP contribution is -2.62. The van der Waals surface area contributed by atoms with Gasteiger partial charge >= 0.3 is 0 Å². The molecule has 6 aromatic rings. The standard InChI is InChI=1S/C87H119N23O22/c1-7-9-20-66-80(125)105-65(44-112)79(124)103-63(75(120)95-40-72(90)117)39-91-41-73(118)97-60(30-47-23-25-51(113)26-24-47)83(128)106(4)46(3)74(119)101-62(35-71(89)116)86(131)109-29-15-22-67(109)81(126)100-59(33-50-38-92-45-96-50)77(122)98-57(27-28-70(88)115)85(130)110-42-52(114)34-69(110)82(127)99-58(31-48-36-93-55-18-13-11-16-53(48)55)76(121)104-64(43-111)78(123)102-61(32-49-37-94-56-19-14-12-17-54(49)56)84(129)108(6)68(21-10-8-2)87(132)107(66)5/h11-14,16-19,23-26,36-38,45-46,52,57-69,91,93-94,111-114H,7-10,15,20-22,27-35,39-44H2,1-6H3,(H2,88,115)(H2,89,116)(H2,90,117)(H,92,96)(H,95,120)(H,97,118)(H,98,122)(H,99,127)(H,100,126)(H,101,119)(H,102,123)(H,103,124)(H,104,121)(H,105,125)/t46-,52+,57-,58-,59-,60-,61-,62-,63-,64-,65-,66-,67-,68-,69-/m0/s1. The number of phenolic OH excluding ortho intramolecular Hbond substituents is 1. The highest BCUT2D eigenvalue weighted by Gasteiger charge is 2.47. The Labute approximate surface area is 758 Å². The van der Waals surface area contributed by atoms with Crippen LogP contribution in [0, 0.1) is 0 Å². The Hall–Kier alpha value is -14.0. The van der Waals surface area contributed by atoms with Crippen molar-refractivity contribution in [1.82, 2.24) is 103 Å². The summed E-state index contributed by atoms with van der Waals surface area (Å²) in [5.74, 6) is -18.6. The summed E-state index contributed by atoms with van der Waals surface area (Å²) < 4.78 is 0. The van der Waals surface area contributed by atoms with E-state index in [9.17, 15) is 73.2 Å². The van der Waals surface area contributed by atoms with Gasteiger partial charge in [0.1, 0.15) is 90.3 Å². The van der Waals surface area contributed by atoms with Gasteiger partial charge in [0.25, 0.3) is 0 Å². The number of aromatic amines is 3. The number of rotatable bonds is 24. The van der Waals surface area contributed by atoms with Crippen LogP contribution < -0.4 is 75.7 Å². The fourth-order valence-corrected chi connectivity index (χ4v) is 16.1. The van der Waals surface area contributed by atoms with Gasteiger partial charge in [-0.15, -0.1) is 0 Å². The molecule has 24 N–H and O–H groups in total. The number of fused-ring (bicyclic) bond motifs is 4. The Bertz CT molecular complexity index is 5140. The number of para-hydroxylation sites is 2. The predicted molar refractivity (Wildman–Crippen MR) is 472 cm³/mol. The number of aliphatic hydroxyl groups is 3. The van der Waals surface area contributed by atoms with Crippen molar-refractivity contribution in [3.8, 4) is 5.75 Å². The van der Waals surface area contributed by atoms with Crippen LogP contribution >= 0.6 is 0 Å². The fourth-order valence-electron chi connectivity index (χ4n) is 16.1.